The van der Waals surface area contributed by atoms with Crippen LogP contribution in [0.3, 0.4) is 0 Å². The molecule has 0 saturated heterocycles. The van der Waals surface area contributed by atoms with Crippen molar-refractivity contribution in [2.75, 3.05) is 7.11 Å². The van der Waals surface area contributed by atoms with Gasteiger partial charge < -0.3 is 14.9 Å². The van der Waals surface area contributed by atoms with E-state index in [4.69, 9.17) is 9.84 Å². The predicted molar refractivity (Wildman–Crippen MR) is 69.3 cm³/mol. The molecule has 0 radical (unpaired) electrons. The maximum Gasteiger partial charge on any atom is 0.328 e. The van der Waals surface area contributed by atoms with E-state index in [0.717, 1.165) is 18.2 Å². The van der Waals surface area contributed by atoms with Gasteiger partial charge in [0.15, 0.2) is 5.75 Å². The third-order valence-electron chi connectivity index (χ3n) is 1.91. The summed E-state index contributed by atoms with van der Waals surface area (Å²) in [6.07, 6.45) is 1.99. The van der Waals surface area contributed by atoms with Crippen LogP contribution in [0.2, 0.25) is 0 Å². The molecule has 7 heteroatoms. The van der Waals surface area contributed by atoms with E-state index in [9.17, 15) is 20.0 Å². The molecule has 0 atom stereocenters. The molecule has 0 aliphatic carbocycles. The Morgan fingerprint density at radius 3 is 2.42 bits per heavy atom. The lowest BCUT2D eigenvalue weighted by Crippen LogP contribution is -1.93. The lowest BCUT2D eigenvalue weighted by Gasteiger charge is -2.04. The van der Waals surface area contributed by atoms with Gasteiger partial charge in [-0.05, 0) is 17.7 Å². The van der Waals surface area contributed by atoms with Crippen LogP contribution in [0.25, 0.3) is 6.08 Å². The van der Waals surface area contributed by atoms with Crippen LogP contribution in [0, 0.1) is 10.1 Å². The molecule has 0 aliphatic heterocycles. The summed E-state index contributed by atoms with van der Waals surface area (Å²) in [5.41, 5.74) is -0.303. The van der Waals surface area contributed by atoms with Crippen molar-refractivity contribution >= 4 is 17.7 Å². The molecule has 0 aromatic heterocycles. The van der Waals surface area contributed by atoms with Crippen LogP contribution in [-0.2, 0) is 4.79 Å². The summed E-state index contributed by atoms with van der Waals surface area (Å²) < 4.78 is 4.75. The second-order valence-electron chi connectivity index (χ2n) is 3.02. The number of carbonyl (C=O) groups is 1. The Morgan fingerprint density at radius 1 is 1.42 bits per heavy atom. The first-order chi connectivity index (χ1) is 8.95. The molecule has 0 unspecified atom stereocenters. The number of rotatable bonds is 4. The van der Waals surface area contributed by atoms with Gasteiger partial charge in [-0.15, -0.1) is 0 Å². The van der Waals surface area contributed by atoms with E-state index >= 15 is 0 Å². The van der Waals surface area contributed by atoms with Crippen LogP contribution in [-0.4, -0.2) is 28.2 Å². The van der Waals surface area contributed by atoms with Gasteiger partial charge in [-0.2, -0.15) is 0 Å². The van der Waals surface area contributed by atoms with E-state index in [1.165, 1.54) is 13.2 Å². The van der Waals surface area contributed by atoms with Crippen molar-refractivity contribution in [3.05, 3.63) is 33.9 Å². The van der Waals surface area contributed by atoms with Gasteiger partial charge in [-0.25, -0.2) is 4.79 Å². The van der Waals surface area contributed by atoms with E-state index in [1.54, 1.807) is 0 Å². The molecule has 104 valence electrons. The molecule has 0 heterocycles. The summed E-state index contributed by atoms with van der Waals surface area (Å²) in [5.74, 6) is -1.87. The molecule has 0 bridgehead atoms. The van der Waals surface area contributed by atoms with Crippen molar-refractivity contribution in [1.82, 2.24) is 0 Å². The first kappa shape index (κ1) is 16.4. The van der Waals surface area contributed by atoms with E-state index in [1.807, 2.05) is 13.8 Å². The number of benzene rings is 1. The number of hydrogen-bond donors (Lipinski definition) is 2. The van der Waals surface area contributed by atoms with Gasteiger partial charge in [-0.3, -0.25) is 10.1 Å². The summed E-state index contributed by atoms with van der Waals surface area (Å²) in [4.78, 5) is 20.2. The fourth-order valence-electron chi connectivity index (χ4n) is 1.17. The molecule has 19 heavy (non-hydrogen) atoms. The van der Waals surface area contributed by atoms with Gasteiger partial charge in [-0.1, -0.05) is 13.8 Å². The highest BCUT2D eigenvalue weighted by atomic mass is 16.6. The number of phenolic OH excluding ortho intramolecular Hbond substituents is 1. The van der Waals surface area contributed by atoms with Gasteiger partial charge in [0.2, 0.25) is 5.75 Å². The number of phenols is 1. The summed E-state index contributed by atoms with van der Waals surface area (Å²) >= 11 is 0. The van der Waals surface area contributed by atoms with Gasteiger partial charge in [0.1, 0.15) is 0 Å². The largest absolute Gasteiger partial charge is 0.500 e. The molecule has 0 aliphatic rings. The van der Waals surface area contributed by atoms with Gasteiger partial charge >= 0.3 is 11.7 Å². The maximum absolute atomic E-state index is 10.6. The Balaban J connectivity index is 0.00000154. The lowest BCUT2D eigenvalue weighted by molar-refractivity contribution is -0.386. The molecule has 2 N–H and O–H groups in total. The molecule has 1 aromatic rings. The average Bonchev–Trinajstić information content (AvgIpc) is 2.39. The molecule has 1 aromatic carbocycles. The highest BCUT2D eigenvalue weighted by Gasteiger charge is 2.18. The molecular formula is C12H15NO6. The number of aromatic hydroxyl groups is 1. The van der Waals surface area contributed by atoms with Crippen LogP contribution in [0.1, 0.15) is 19.4 Å². The SMILES string of the molecule is CC.COc1cc(/C=C/C(=O)O)cc([N+](=O)[O-])c1O. The molecule has 0 amide bonds. The Hall–Kier alpha value is -2.57. The first-order valence-corrected chi connectivity index (χ1v) is 5.42. The highest BCUT2D eigenvalue weighted by Crippen LogP contribution is 2.37. The van der Waals surface area contributed by atoms with E-state index < -0.39 is 22.3 Å². The minimum Gasteiger partial charge on any atom is -0.500 e. The third kappa shape index (κ3) is 4.66. The fraction of sp³-hybridized carbons (Fsp3) is 0.250. The highest BCUT2D eigenvalue weighted by molar-refractivity contribution is 5.85. The van der Waals surface area contributed by atoms with Gasteiger partial charge in [0.05, 0.1) is 12.0 Å². The minimum absolute atomic E-state index is 0.0933. The molecule has 1 rings (SSSR count). The number of carboxylic acids is 1. The number of aliphatic carboxylic acids is 1. The molecule has 7 nitrogen and oxygen atoms in total. The van der Waals surface area contributed by atoms with Crippen LogP contribution >= 0.6 is 0 Å². The smallest absolute Gasteiger partial charge is 0.328 e. The van der Waals surface area contributed by atoms with Crippen molar-refractivity contribution in [3.8, 4) is 11.5 Å². The zero-order valence-electron chi connectivity index (χ0n) is 10.8. The lowest BCUT2D eigenvalue weighted by atomic mass is 10.1. The van der Waals surface area contributed by atoms with Gasteiger partial charge in [0.25, 0.3) is 0 Å². The molecule has 0 fully saturated rings. The zero-order valence-corrected chi connectivity index (χ0v) is 10.8. The molecule has 0 spiro atoms. The Labute approximate surface area is 109 Å². The zero-order chi connectivity index (χ0) is 15.0. The topological polar surface area (TPSA) is 110 Å². The van der Waals surface area contributed by atoms with E-state index in [0.29, 0.717) is 0 Å². The number of ether oxygens (including phenoxy) is 1. The second kappa shape index (κ2) is 7.70. The summed E-state index contributed by atoms with van der Waals surface area (Å²) in [6, 6.07) is 2.35. The second-order valence-corrected chi connectivity index (χ2v) is 3.02. The Morgan fingerprint density at radius 2 is 2.00 bits per heavy atom. The van der Waals surface area contributed by atoms with Crippen LogP contribution in [0.4, 0.5) is 5.69 Å². The average molecular weight is 269 g/mol. The number of nitro benzene ring substituents is 1. The quantitative estimate of drug-likeness (QED) is 0.493. The van der Waals surface area contributed by atoms with Gasteiger partial charge in [0, 0.05) is 12.1 Å². The number of carboxylic acid groups (broad SMARTS) is 1. The molecule has 0 saturated carbocycles. The van der Waals surface area contributed by atoms with Crippen molar-refractivity contribution in [2.45, 2.75) is 13.8 Å². The predicted octanol–water partition coefficient (Wildman–Crippen LogP) is 2.43. The third-order valence-corrected chi connectivity index (χ3v) is 1.91. The monoisotopic (exact) mass is 269 g/mol. The number of nitrogens with zero attached hydrogens (tertiary/aromatic N) is 1. The first-order valence-electron chi connectivity index (χ1n) is 5.42. The molecular weight excluding hydrogens is 254 g/mol. The number of methoxy groups -OCH3 is 1. The number of nitro groups is 1. The minimum atomic E-state index is -1.18. The normalized spacial score (nSPS) is 9.63. The van der Waals surface area contributed by atoms with Crippen LogP contribution in [0.5, 0.6) is 11.5 Å². The number of hydrogen-bond acceptors (Lipinski definition) is 5. The van der Waals surface area contributed by atoms with Crippen molar-refractivity contribution in [3.63, 3.8) is 0 Å². The Bertz CT molecular complexity index is 495. The summed E-state index contributed by atoms with van der Waals surface area (Å²) in [6.45, 7) is 4.00. The van der Waals surface area contributed by atoms with Crippen molar-refractivity contribution in [1.29, 1.82) is 0 Å². The maximum atomic E-state index is 10.6. The van der Waals surface area contributed by atoms with Crippen molar-refractivity contribution < 1.29 is 24.7 Å². The van der Waals surface area contributed by atoms with E-state index in [-0.39, 0.29) is 11.3 Å². The fourth-order valence-corrected chi connectivity index (χ4v) is 1.17. The standard InChI is InChI=1S/C10H9NO6.C2H6/c1-17-8-5-6(2-3-9(12)13)4-7(10(8)14)11(15)16;1-2/h2-5,14H,1H3,(H,12,13);1-2H3/b3-2+;. The Kier molecular flexibility index (Phi) is 6.66. The van der Waals surface area contributed by atoms with E-state index in [2.05, 4.69) is 0 Å². The van der Waals surface area contributed by atoms with Crippen LogP contribution in [0.15, 0.2) is 18.2 Å². The van der Waals surface area contributed by atoms with Crippen LogP contribution < -0.4 is 4.74 Å². The van der Waals surface area contributed by atoms with Crippen molar-refractivity contribution in [2.24, 2.45) is 0 Å². The summed E-state index contributed by atoms with van der Waals surface area (Å²) in [5, 5.41) is 28.5. The summed E-state index contributed by atoms with van der Waals surface area (Å²) in [7, 11) is 1.24.